The third-order valence-electron chi connectivity index (χ3n) is 5.86. The Bertz CT molecular complexity index is 678. The molecule has 1 N–H and O–H groups in total. The Morgan fingerprint density at radius 3 is 2.07 bits per heavy atom. The van der Waals surface area contributed by atoms with Gasteiger partial charge in [-0.25, -0.2) is 0 Å². The summed E-state index contributed by atoms with van der Waals surface area (Å²) >= 11 is 5.91. The molecule has 28 heavy (non-hydrogen) atoms. The number of fused-ring (bicyclic) bond motifs is 1. The van der Waals surface area contributed by atoms with Crippen molar-refractivity contribution in [2.45, 2.75) is 96.3 Å². The summed E-state index contributed by atoms with van der Waals surface area (Å²) in [4.78, 5) is 15.7. The predicted molar refractivity (Wildman–Crippen MR) is 122 cm³/mol. The van der Waals surface area contributed by atoms with Crippen LogP contribution < -0.4 is 0 Å². The van der Waals surface area contributed by atoms with Crippen LogP contribution in [0.25, 0.3) is 10.9 Å². The molecule has 1 atom stereocenters. The first-order valence-electron chi connectivity index (χ1n) is 11.4. The van der Waals surface area contributed by atoms with E-state index >= 15 is 0 Å². The Balaban J connectivity index is 1.65. The average molecular weight is 404 g/mol. The summed E-state index contributed by atoms with van der Waals surface area (Å²) in [6, 6.07) is 8.21. The first kappa shape index (κ1) is 23.0. The zero-order valence-electron chi connectivity index (χ0n) is 17.6. The van der Waals surface area contributed by atoms with Gasteiger partial charge in [0.2, 0.25) is 0 Å². The van der Waals surface area contributed by atoms with Gasteiger partial charge in [0, 0.05) is 23.0 Å². The highest BCUT2D eigenvalue weighted by Crippen LogP contribution is 2.30. The lowest BCUT2D eigenvalue weighted by molar-refractivity contribution is -0.118. The van der Waals surface area contributed by atoms with Crippen molar-refractivity contribution in [2.75, 3.05) is 5.88 Å². The van der Waals surface area contributed by atoms with E-state index in [0.29, 0.717) is 0 Å². The fourth-order valence-electron chi connectivity index (χ4n) is 4.15. The molecule has 1 heterocycles. The van der Waals surface area contributed by atoms with Crippen molar-refractivity contribution in [3.63, 3.8) is 0 Å². The molecule has 0 fully saturated rings. The Morgan fingerprint density at radius 1 is 0.893 bits per heavy atom. The molecule has 3 heteroatoms. The van der Waals surface area contributed by atoms with Crippen LogP contribution in [-0.4, -0.2) is 16.6 Å². The first-order valence-corrected chi connectivity index (χ1v) is 12.0. The van der Waals surface area contributed by atoms with Gasteiger partial charge < -0.3 is 4.98 Å². The molecule has 2 nitrogen and oxygen atoms in total. The summed E-state index contributed by atoms with van der Waals surface area (Å²) in [5, 5.41) is 1.16. The number of unbranched alkanes of at least 4 members (excludes halogenated alkanes) is 11. The number of halogens is 1. The Kier molecular flexibility index (Phi) is 11.4. The number of Topliss-reactive ketones (excluding diaryl/α,β-unsaturated/α-hetero) is 1. The van der Waals surface area contributed by atoms with Crippen molar-refractivity contribution in [1.29, 1.82) is 0 Å². The van der Waals surface area contributed by atoms with Gasteiger partial charge in [-0.2, -0.15) is 0 Å². The number of ketones is 1. The number of rotatable bonds is 16. The van der Waals surface area contributed by atoms with Gasteiger partial charge in [0.05, 0.1) is 5.88 Å². The zero-order valence-corrected chi connectivity index (χ0v) is 18.4. The number of hydrogen-bond acceptors (Lipinski definition) is 1. The minimum atomic E-state index is -0.0724. The summed E-state index contributed by atoms with van der Waals surface area (Å²) in [5.41, 5.74) is 2.21. The first-order chi connectivity index (χ1) is 13.8. The van der Waals surface area contributed by atoms with E-state index in [4.69, 9.17) is 11.6 Å². The van der Waals surface area contributed by atoms with Crippen LogP contribution in [0.1, 0.15) is 102 Å². The minimum absolute atomic E-state index is 0.0724. The van der Waals surface area contributed by atoms with Gasteiger partial charge in [-0.3, -0.25) is 4.79 Å². The van der Waals surface area contributed by atoms with E-state index in [2.05, 4.69) is 24.0 Å². The Morgan fingerprint density at radius 2 is 1.46 bits per heavy atom. The number of carbonyl (C=O) groups is 1. The molecular formula is C25H38ClNO. The van der Waals surface area contributed by atoms with Gasteiger partial charge in [0.15, 0.2) is 5.78 Å². The lowest BCUT2D eigenvalue weighted by atomic mass is 9.89. The minimum Gasteiger partial charge on any atom is -0.361 e. The maximum Gasteiger partial charge on any atom is 0.155 e. The van der Waals surface area contributed by atoms with Crippen LogP contribution in [-0.2, 0) is 4.79 Å². The molecule has 0 aliphatic rings. The zero-order chi connectivity index (χ0) is 20.0. The largest absolute Gasteiger partial charge is 0.361 e. The molecule has 0 saturated heterocycles. The molecule has 2 aromatic rings. The number of benzene rings is 1. The highest BCUT2D eigenvalue weighted by Gasteiger charge is 2.22. The van der Waals surface area contributed by atoms with Gasteiger partial charge in [-0.1, -0.05) is 102 Å². The number of carbonyl (C=O) groups excluding carboxylic acids is 1. The van der Waals surface area contributed by atoms with E-state index in [-0.39, 0.29) is 17.6 Å². The number of aromatic amines is 1. The summed E-state index contributed by atoms with van der Waals surface area (Å²) in [6.45, 7) is 2.27. The second kappa shape index (κ2) is 13.8. The molecule has 1 unspecified atom stereocenters. The maximum atomic E-state index is 12.4. The second-order valence-electron chi connectivity index (χ2n) is 8.12. The number of para-hydroxylation sites is 1. The van der Waals surface area contributed by atoms with Gasteiger partial charge in [0.25, 0.3) is 0 Å². The Hall–Kier alpha value is -1.28. The standard InChI is InChI=1S/C25H38ClNO/c1-2-3-4-5-6-7-8-9-10-11-12-13-17-22(25(28)19-26)23-20-27-24-18-15-14-16-21(23)24/h14-16,18,20,22,27H,2-13,17,19H2,1H3. The molecular weight excluding hydrogens is 366 g/mol. The highest BCUT2D eigenvalue weighted by molar-refractivity contribution is 6.28. The highest BCUT2D eigenvalue weighted by atomic mass is 35.5. The fourth-order valence-corrected chi connectivity index (χ4v) is 4.34. The van der Waals surface area contributed by atoms with Crippen molar-refractivity contribution in [3.05, 3.63) is 36.0 Å². The van der Waals surface area contributed by atoms with Crippen LogP contribution in [0.4, 0.5) is 0 Å². The maximum absolute atomic E-state index is 12.4. The number of aromatic nitrogens is 1. The number of nitrogens with one attached hydrogen (secondary N) is 1. The van der Waals surface area contributed by atoms with Crippen LogP contribution in [0.5, 0.6) is 0 Å². The van der Waals surface area contributed by atoms with E-state index in [1.807, 2.05) is 18.3 Å². The SMILES string of the molecule is CCCCCCCCCCCCCCC(C(=O)CCl)c1c[nH]c2ccccc12. The molecule has 0 aliphatic carbocycles. The summed E-state index contributed by atoms with van der Waals surface area (Å²) in [5.74, 6) is 0.175. The summed E-state index contributed by atoms with van der Waals surface area (Å²) in [6.07, 6.45) is 18.9. The second-order valence-corrected chi connectivity index (χ2v) is 8.39. The van der Waals surface area contributed by atoms with E-state index in [0.717, 1.165) is 29.3 Å². The Labute approximate surface area is 176 Å². The molecule has 0 aliphatic heterocycles. The van der Waals surface area contributed by atoms with Gasteiger partial charge >= 0.3 is 0 Å². The van der Waals surface area contributed by atoms with E-state index in [1.165, 1.54) is 70.6 Å². The van der Waals surface area contributed by atoms with Crippen molar-refractivity contribution >= 4 is 28.3 Å². The van der Waals surface area contributed by atoms with Crippen molar-refractivity contribution < 1.29 is 4.79 Å². The van der Waals surface area contributed by atoms with Gasteiger partial charge in [-0.05, 0) is 18.1 Å². The third-order valence-corrected chi connectivity index (χ3v) is 6.13. The fraction of sp³-hybridized carbons (Fsp3) is 0.640. The van der Waals surface area contributed by atoms with Crippen LogP contribution >= 0.6 is 11.6 Å². The third kappa shape index (κ3) is 7.62. The molecule has 2 rings (SSSR count). The van der Waals surface area contributed by atoms with Gasteiger partial charge in [0.1, 0.15) is 0 Å². The monoisotopic (exact) mass is 403 g/mol. The molecule has 1 aromatic heterocycles. The molecule has 0 saturated carbocycles. The molecule has 156 valence electrons. The molecule has 0 amide bonds. The van der Waals surface area contributed by atoms with Crippen molar-refractivity contribution in [3.8, 4) is 0 Å². The predicted octanol–water partition coefficient (Wildman–Crippen LogP) is 8.15. The van der Waals surface area contributed by atoms with E-state index in [9.17, 15) is 4.79 Å². The molecule has 1 aromatic carbocycles. The molecule has 0 bridgehead atoms. The summed E-state index contributed by atoms with van der Waals surface area (Å²) < 4.78 is 0. The normalized spacial score (nSPS) is 12.5. The van der Waals surface area contributed by atoms with Crippen molar-refractivity contribution in [1.82, 2.24) is 4.98 Å². The van der Waals surface area contributed by atoms with Crippen LogP contribution in [0.3, 0.4) is 0 Å². The van der Waals surface area contributed by atoms with Crippen LogP contribution in [0.15, 0.2) is 30.5 Å². The van der Waals surface area contributed by atoms with Crippen LogP contribution in [0.2, 0.25) is 0 Å². The number of H-pyrrole nitrogens is 1. The van der Waals surface area contributed by atoms with Crippen LogP contribution in [0, 0.1) is 0 Å². The van der Waals surface area contributed by atoms with E-state index in [1.54, 1.807) is 0 Å². The lowest BCUT2D eigenvalue weighted by Crippen LogP contribution is -2.13. The average Bonchev–Trinajstić information content (AvgIpc) is 3.15. The molecule has 0 spiro atoms. The number of alkyl halides is 1. The lowest BCUT2D eigenvalue weighted by Gasteiger charge is -2.14. The summed E-state index contributed by atoms with van der Waals surface area (Å²) in [7, 11) is 0. The smallest absolute Gasteiger partial charge is 0.155 e. The molecule has 0 radical (unpaired) electrons. The van der Waals surface area contributed by atoms with Gasteiger partial charge in [-0.15, -0.1) is 11.6 Å². The van der Waals surface area contributed by atoms with Crippen molar-refractivity contribution in [2.24, 2.45) is 0 Å². The van der Waals surface area contributed by atoms with E-state index < -0.39 is 0 Å². The topological polar surface area (TPSA) is 32.9 Å². The number of hydrogen-bond donors (Lipinski definition) is 1. The quantitative estimate of drug-likeness (QED) is 0.222.